The van der Waals surface area contributed by atoms with Crippen molar-refractivity contribution >= 4 is 9.84 Å². The highest BCUT2D eigenvalue weighted by Crippen LogP contribution is 2.36. The van der Waals surface area contributed by atoms with Crippen molar-refractivity contribution in [2.24, 2.45) is 5.41 Å². The summed E-state index contributed by atoms with van der Waals surface area (Å²) >= 11 is 0. The van der Waals surface area contributed by atoms with Crippen LogP contribution in [-0.2, 0) is 14.6 Å². The van der Waals surface area contributed by atoms with E-state index in [1.54, 1.807) is 24.3 Å². The topological polar surface area (TPSA) is 87.0 Å². The van der Waals surface area contributed by atoms with Crippen LogP contribution in [0.1, 0.15) is 33.6 Å². The van der Waals surface area contributed by atoms with E-state index in [1.165, 1.54) is 4.68 Å². The van der Waals surface area contributed by atoms with Gasteiger partial charge < -0.3 is 4.74 Å². The van der Waals surface area contributed by atoms with Crippen molar-refractivity contribution in [1.82, 2.24) is 20.2 Å². The molecule has 1 atom stereocenters. The average Bonchev–Trinajstić information content (AvgIpc) is 3.02. The van der Waals surface area contributed by atoms with Gasteiger partial charge in [0.2, 0.25) is 9.84 Å². The van der Waals surface area contributed by atoms with Gasteiger partial charge in [0.1, 0.15) is 0 Å². The second-order valence-electron chi connectivity index (χ2n) is 7.37. The molecule has 2 heterocycles. The van der Waals surface area contributed by atoms with Crippen molar-refractivity contribution in [3.8, 4) is 5.69 Å². The van der Waals surface area contributed by atoms with Crippen LogP contribution in [0, 0.1) is 5.41 Å². The summed E-state index contributed by atoms with van der Waals surface area (Å²) in [7, 11) is -3.69. The molecule has 1 fully saturated rings. The fourth-order valence-electron chi connectivity index (χ4n) is 2.80. The monoisotopic (exact) mass is 350 g/mol. The smallest absolute Gasteiger partial charge is 0.272 e. The fraction of sp³-hybridized carbons (Fsp3) is 0.562. The van der Waals surface area contributed by atoms with Crippen LogP contribution >= 0.6 is 0 Å². The van der Waals surface area contributed by atoms with Crippen LogP contribution in [0.15, 0.2) is 35.5 Å². The van der Waals surface area contributed by atoms with E-state index in [-0.39, 0.29) is 16.3 Å². The van der Waals surface area contributed by atoms with Crippen molar-refractivity contribution in [1.29, 1.82) is 0 Å². The molecule has 130 valence electrons. The summed E-state index contributed by atoms with van der Waals surface area (Å²) in [6.07, 6.45) is 1.61. The zero-order valence-corrected chi connectivity index (χ0v) is 15.0. The lowest BCUT2D eigenvalue weighted by Gasteiger charge is -2.41. The van der Waals surface area contributed by atoms with Crippen LogP contribution in [0.3, 0.4) is 0 Å². The summed E-state index contributed by atoms with van der Waals surface area (Å²) in [5.41, 5.74) is -0.0339. The second-order valence-corrected chi connectivity index (χ2v) is 9.25. The van der Waals surface area contributed by atoms with E-state index < -0.39 is 15.4 Å². The Bertz CT molecular complexity index is 805. The Morgan fingerprint density at radius 3 is 2.50 bits per heavy atom. The molecule has 0 amide bonds. The van der Waals surface area contributed by atoms with Gasteiger partial charge in [-0.25, -0.2) is 8.42 Å². The first-order valence-corrected chi connectivity index (χ1v) is 9.57. The van der Waals surface area contributed by atoms with Crippen molar-refractivity contribution in [3.05, 3.63) is 30.3 Å². The molecular weight excluding hydrogens is 328 g/mol. The molecule has 1 aromatic heterocycles. The molecule has 1 aromatic carbocycles. The summed E-state index contributed by atoms with van der Waals surface area (Å²) in [5, 5.41) is 11.0. The van der Waals surface area contributed by atoms with Crippen LogP contribution < -0.4 is 0 Å². The zero-order chi connectivity index (χ0) is 17.4. The molecule has 8 heteroatoms. The van der Waals surface area contributed by atoms with Gasteiger partial charge in [-0.2, -0.15) is 4.68 Å². The van der Waals surface area contributed by atoms with Gasteiger partial charge in [0.15, 0.2) is 0 Å². The number of hydrogen-bond donors (Lipinski definition) is 0. The van der Waals surface area contributed by atoms with E-state index in [0.717, 1.165) is 6.42 Å². The Hall–Kier alpha value is -1.80. The zero-order valence-electron chi connectivity index (χ0n) is 14.1. The van der Waals surface area contributed by atoms with E-state index in [9.17, 15) is 8.42 Å². The maximum Gasteiger partial charge on any atom is 0.272 e. The first-order valence-electron chi connectivity index (χ1n) is 7.91. The maximum absolute atomic E-state index is 12.9. The number of rotatable bonds is 4. The van der Waals surface area contributed by atoms with Gasteiger partial charge in [-0.15, -0.1) is 0 Å². The summed E-state index contributed by atoms with van der Waals surface area (Å²) in [6.45, 7) is 6.63. The number of nitrogens with zero attached hydrogens (tertiary/aromatic N) is 4. The predicted molar refractivity (Wildman–Crippen MR) is 88.6 cm³/mol. The van der Waals surface area contributed by atoms with E-state index in [2.05, 4.69) is 29.4 Å². The highest BCUT2D eigenvalue weighted by molar-refractivity contribution is 7.91. The van der Waals surface area contributed by atoms with Gasteiger partial charge in [0.25, 0.3) is 5.16 Å². The van der Waals surface area contributed by atoms with Crippen molar-refractivity contribution < 1.29 is 13.2 Å². The lowest BCUT2D eigenvalue weighted by molar-refractivity contribution is -0.0999. The van der Waals surface area contributed by atoms with Gasteiger partial charge in [0, 0.05) is 0 Å². The predicted octanol–water partition coefficient (Wildman–Crippen LogP) is 2.03. The largest absolute Gasteiger partial charge is 0.374 e. The molecule has 0 aliphatic carbocycles. The first-order chi connectivity index (χ1) is 11.2. The molecule has 1 unspecified atom stereocenters. The molecule has 1 saturated heterocycles. The molecule has 1 aliphatic heterocycles. The van der Waals surface area contributed by atoms with Crippen LogP contribution in [0.5, 0.6) is 0 Å². The van der Waals surface area contributed by atoms with Gasteiger partial charge in [-0.05, 0) is 47.7 Å². The van der Waals surface area contributed by atoms with Gasteiger partial charge >= 0.3 is 0 Å². The van der Waals surface area contributed by atoms with Crippen LogP contribution in [0.2, 0.25) is 0 Å². The third kappa shape index (κ3) is 3.49. The lowest BCUT2D eigenvalue weighted by Crippen LogP contribution is -2.45. The molecular formula is C16H22N4O3S. The number of sulfone groups is 1. The Kier molecular flexibility index (Phi) is 4.21. The number of hydrogen-bond acceptors (Lipinski definition) is 6. The molecule has 2 aromatic rings. The van der Waals surface area contributed by atoms with E-state index in [1.807, 2.05) is 13.0 Å². The van der Waals surface area contributed by atoms with Gasteiger partial charge in [-0.1, -0.05) is 37.1 Å². The molecule has 0 saturated carbocycles. The van der Waals surface area contributed by atoms with Crippen molar-refractivity contribution in [2.75, 3.05) is 12.4 Å². The molecule has 1 aliphatic rings. The van der Waals surface area contributed by atoms with E-state index in [0.29, 0.717) is 18.7 Å². The maximum atomic E-state index is 12.9. The molecule has 0 spiro atoms. The lowest BCUT2D eigenvalue weighted by atomic mass is 9.82. The first kappa shape index (κ1) is 17.0. The van der Waals surface area contributed by atoms with Crippen LogP contribution in [0.4, 0.5) is 0 Å². The highest BCUT2D eigenvalue weighted by Gasteiger charge is 2.41. The van der Waals surface area contributed by atoms with Crippen molar-refractivity contribution in [2.45, 2.75) is 44.4 Å². The SMILES string of the molecule is CC1(C)CCC(C)(CS(=O)(=O)c2nnnn2-c2ccccc2)OC1. The minimum absolute atomic E-state index is 0.0783. The standard InChI is InChI=1S/C16H22N4O3S/c1-15(2)9-10-16(3,23-11-15)12-24(21,22)14-17-18-19-20(14)13-7-5-4-6-8-13/h4-8H,9-12H2,1-3H3. The normalized spacial score (nSPS) is 24.0. The summed E-state index contributed by atoms with van der Waals surface area (Å²) < 4.78 is 32.9. The second kappa shape index (κ2) is 5.93. The van der Waals surface area contributed by atoms with E-state index >= 15 is 0 Å². The number of ether oxygens (including phenoxy) is 1. The average molecular weight is 350 g/mol. The molecule has 0 bridgehead atoms. The fourth-order valence-corrected chi connectivity index (χ4v) is 4.53. The third-order valence-electron chi connectivity index (χ3n) is 4.36. The molecule has 7 nitrogen and oxygen atoms in total. The number of para-hydroxylation sites is 1. The van der Waals surface area contributed by atoms with E-state index in [4.69, 9.17) is 4.74 Å². The summed E-state index contributed by atoms with van der Waals surface area (Å²) in [6, 6.07) is 8.98. The van der Waals surface area contributed by atoms with Crippen LogP contribution in [-0.4, -0.2) is 46.6 Å². The molecule has 3 rings (SSSR count). The number of aromatic nitrogens is 4. The highest BCUT2D eigenvalue weighted by atomic mass is 32.2. The molecule has 0 radical (unpaired) electrons. The minimum atomic E-state index is -3.69. The number of tetrazole rings is 1. The molecule has 0 N–H and O–H groups in total. The Morgan fingerprint density at radius 1 is 1.17 bits per heavy atom. The minimum Gasteiger partial charge on any atom is -0.374 e. The Morgan fingerprint density at radius 2 is 1.88 bits per heavy atom. The Balaban J connectivity index is 1.86. The van der Waals surface area contributed by atoms with Crippen LogP contribution in [0.25, 0.3) is 5.69 Å². The molecule has 24 heavy (non-hydrogen) atoms. The third-order valence-corrected chi connectivity index (χ3v) is 6.16. The summed E-state index contributed by atoms with van der Waals surface area (Å²) in [4.78, 5) is 0. The van der Waals surface area contributed by atoms with Gasteiger partial charge in [-0.3, -0.25) is 0 Å². The number of benzene rings is 1. The quantitative estimate of drug-likeness (QED) is 0.838. The summed E-state index contributed by atoms with van der Waals surface area (Å²) in [5.74, 6) is -0.136. The van der Waals surface area contributed by atoms with Gasteiger partial charge in [0.05, 0.1) is 23.6 Å². The van der Waals surface area contributed by atoms with Crippen molar-refractivity contribution in [3.63, 3.8) is 0 Å². The Labute approximate surface area is 141 Å².